The zero-order chi connectivity index (χ0) is 8.55. The van der Waals surface area contributed by atoms with Crippen LogP contribution in [0, 0.1) is 0 Å². The number of anilines is 1. The largest absolute Gasteiger partial charge is 0.398 e. The molecule has 1 aromatic rings. The first-order valence-corrected chi connectivity index (χ1v) is 4.72. The molecule has 1 aliphatic carbocycles. The zero-order valence-electron chi connectivity index (χ0n) is 7.56. The Kier molecular flexibility index (Phi) is 1.80. The first-order chi connectivity index (χ1) is 5.83. The van der Waals surface area contributed by atoms with Crippen molar-refractivity contribution in [2.75, 3.05) is 5.73 Å². The van der Waals surface area contributed by atoms with Crippen LogP contribution in [0.1, 0.15) is 30.0 Å². The summed E-state index contributed by atoms with van der Waals surface area (Å²) in [6, 6.07) is 4.25. The molecule has 1 nitrogen and oxygen atoms in total. The van der Waals surface area contributed by atoms with Crippen LogP contribution in [0.5, 0.6) is 0 Å². The van der Waals surface area contributed by atoms with Gasteiger partial charge in [-0.2, -0.15) is 0 Å². The molecule has 0 aliphatic heterocycles. The van der Waals surface area contributed by atoms with Crippen molar-refractivity contribution in [3.05, 3.63) is 28.8 Å². The zero-order valence-corrected chi connectivity index (χ0v) is 7.56. The van der Waals surface area contributed by atoms with E-state index in [0.29, 0.717) is 0 Å². The first-order valence-electron chi connectivity index (χ1n) is 4.72. The van der Waals surface area contributed by atoms with Gasteiger partial charge < -0.3 is 5.73 Å². The third-order valence-electron chi connectivity index (χ3n) is 2.79. The molecule has 0 bridgehead atoms. The van der Waals surface area contributed by atoms with Crippen molar-refractivity contribution in [2.24, 2.45) is 0 Å². The van der Waals surface area contributed by atoms with Crippen molar-refractivity contribution in [2.45, 2.75) is 32.6 Å². The van der Waals surface area contributed by atoms with Gasteiger partial charge in [0.2, 0.25) is 0 Å². The molecule has 2 N–H and O–H groups in total. The fraction of sp³-hybridized carbons (Fsp3) is 0.455. The molecule has 0 heterocycles. The first kappa shape index (κ1) is 7.66. The topological polar surface area (TPSA) is 26.0 Å². The maximum absolute atomic E-state index is 5.90. The van der Waals surface area contributed by atoms with Crippen molar-refractivity contribution in [1.82, 2.24) is 0 Å². The lowest BCUT2D eigenvalue weighted by molar-refractivity contribution is 0.905. The van der Waals surface area contributed by atoms with Gasteiger partial charge in [0, 0.05) is 5.69 Å². The lowest BCUT2D eigenvalue weighted by Gasteiger charge is -2.08. The van der Waals surface area contributed by atoms with Gasteiger partial charge in [0.1, 0.15) is 0 Å². The number of fused-ring (bicyclic) bond motifs is 1. The summed E-state index contributed by atoms with van der Waals surface area (Å²) in [6.45, 7) is 2.18. The second-order valence-electron chi connectivity index (χ2n) is 3.48. The van der Waals surface area contributed by atoms with Gasteiger partial charge in [-0.3, -0.25) is 0 Å². The highest BCUT2D eigenvalue weighted by atomic mass is 14.6. The van der Waals surface area contributed by atoms with Crippen LogP contribution in [0.25, 0.3) is 0 Å². The van der Waals surface area contributed by atoms with Crippen molar-refractivity contribution >= 4 is 5.69 Å². The summed E-state index contributed by atoms with van der Waals surface area (Å²) >= 11 is 0. The number of rotatable bonds is 1. The summed E-state index contributed by atoms with van der Waals surface area (Å²) < 4.78 is 0. The molecule has 1 aliphatic rings. The van der Waals surface area contributed by atoms with Crippen LogP contribution in [-0.4, -0.2) is 0 Å². The normalized spacial score (nSPS) is 14.8. The Labute approximate surface area is 73.6 Å². The van der Waals surface area contributed by atoms with Crippen LogP contribution >= 0.6 is 0 Å². The predicted octanol–water partition coefficient (Wildman–Crippen LogP) is 2.32. The molecule has 0 spiro atoms. The molecule has 0 saturated heterocycles. The lowest BCUT2D eigenvalue weighted by atomic mass is 10.00. The number of hydrogen-bond acceptors (Lipinski definition) is 1. The van der Waals surface area contributed by atoms with Crippen LogP contribution in [-0.2, 0) is 19.3 Å². The van der Waals surface area contributed by atoms with Crippen LogP contribution in [0.2, 0.25) is 0 Å². The molecule has 2 rings (SSSR count). The van der Waals surface area contributed by atoms with Crippen molar-refractivity contribution < 1.29 is 0 Å². The Balaban J connectivity index is 2.57. The minimum absolute atomic E-state index is 0.984. The highest BCUT2D eigenvalue weighted by Gasteiger charge is 2.14. The highest BCUT2D eigenvalue weighted by molar-refractivity contribution is 5.55. The fourth-order valence-electron chi connectivity index (χ4n) is 2.18. The van der Waals surface area contributed by atoms with E-state index in [0.717, 1.165) is 12.1 Å². The van der Waals surface area contributed by atoms with E-state index in [-0.39, 0.29) is 0 Å². The summed E-state index contributed by atoms with van der Waals surface area (Å²) in [5.74, 6) is 0. The standard InChI is InChI=1S/C11H15N/c1-2-9-10-5-3-4-8(10)6-7-11(9)12/h6-7H,2-5,12H2,1H3. The fourth-order valence-corrected chi connectivity index (χ4v) is 2.18. The van der Waals surface area contributed by atoms with E-state index in [9.17, 15) is 0 Å². The van der Waals surface area contributed by atoms with E-state index < -0.39 is 0 Å². The van der Waals surface area contributed by atoms with E-state index in [1.54, 1.807) is 0 Å². The van der Waals surface area contributed by atoms with Crippen molar-refractivity contribution in [3.63, 3.8) is 0 Å². The van der Waals surface area contributed by atoms with Gasteiger partial charge in [-0.05, 0) is 48.4 Å². The number of nitrogens with two attached hydrogens (primary N) is 1. The Hall–Kier alpha value is -0.980. The van der Waals surface area contributed by atoms with E-state index >= 15 is 0 Å². The second-order valence-corrected chi connectivity index (χ2v) is 3.48. The molecule has 12 heavy (non-hydrogen) atoms. The molecule has 0 atom stereocenters. The monoisotopic (exact) mass is 161 g/mol. The smallest absolute Gasteiger partial charge is 0.0349 e. The molecule has 0 unspecified atom stereocenters. The maximum atomic E-state index is 5.90. The molecule has 0 fully saturated rings. The molecule has 1 aromatic carbocycles. The summed E-state index contributed by atoms with van der Waals surface area (Å²) in [5.41, 5.74) is 11.4. The van der Waals surface area contributed by atoms with Crippen LogP contribution in [0.4, 0.5) is 5.69 Å². The summed E-state index contributed by atoms with van der Waals surface area (Å²) in [7, 11) is 0. The van der Waals surface area contributed by atoms with Gasteiger partial charge in [0.25, 0.3) is 0 Å². The predicted molar refractivity (Wildman–Crippen MR) is 52.3 cm³/mol. The number of benzene rings is 1. The van der Waals surface area contributed by atoms with Gasteiger partial charge in [0.15, 0.2) is 0 Å². The molecule has 0 radical (unpaired) electrons. The van der Waals surface area contributed by atoms with E-state index in [2.05, 4.69) is 19.1 Å². The summed E-state index contributed by atoms with van der Waals surface area (Å²) in [5, 5.41) is 0. The van der Waals surface area contributed by atoms with Crippen LogP contribution in [0.3, 0.4) is 0 Å². The van der Waals surface area contributed by atoms with Crippen LogP contribution < -0.4 is 5.73 Å². The van der Waals surface area contributed by atoms with Crippen molar-refractivity contribution in [3.8, 4) is 0 Å². The van der Waals surface area contributed by atoms with Gasteiger partial charge in [0.05, 0.1) is 0 Å². The molecule has 0 aromatic heterocycles. The molecule has 0 amide bonds. The molecule has 64 valence electrons. The van der Waals surface area contributed by atoms with Gasteiger partial charge in [-0.25, -0.2) is 0 Å². The number of nitrogen functional groups attached to an aromatic ring is 1. The third kappa shape index (κ3) is 1.01. The Morgan fingerprint density at radius 1 is 1.33 bits per heavy atom. The SMILES string of the molecule is CCc1c(N)ccc2c1CCC2. The Morgan fingerprint density at radius 3 is 2.92 bits per heavy atom. The second kappa shape index (κ2) is 2.81. The summed E-state index contributed by atoms with van der Waals surface area (Å²) in [4.78, 5) is 0. The van der Waals surface area contributed by atoms with E-state index in [1.165, 1.54) is 36.0 Å². The molecule has 0 saturated carbocycles. The molecular formula is C11H15N. The van der Waals surface area contributed by atoms with Crippen LogP contribution in [0.15, 0.2) is 12.1 Å². The molecule has 1 heteroatoms. The quantitative estimate of drug-likeness (QED) is 0.628. The maximum Gasteiger partial charge on any atom is 0.0349 e. The van der Waals surface area contributed by atoms with Gasteiger partial charge in [-0.15, -0.1) is 0 Å². The van der Waals surface area contributed by atoms with Crippen molar-refractivity contribution in [1.29, 1.82) is 0 Å². The highest BCUT2D eigenvalue weighted by Crippen LogP contribution is 2.29. The molecular weight excluding hydrogens is 146 g/mol. The third-order valence-corrected chi connectivity index (χ3v) is 2.79. The lowest BCUT2D eigenvalue weighted by Crippen LogP contribution is -1.98. The average molecular weight is 161 g/mol. The van der Waals surface area contributed by atoms with E-state index in [1.807, 2.05) is 0 Å². The minimum atomic E-state index is 0.984. The Bertz CT molecular complexity index is 302. The Morgan fingerprint density at radius 2 is 2.17 bits per heavy atom. The van der Waals surface area contributed by atoms with Gasteiger partial charge >= 0.3 is 0 Å². The van der Waals surface area contributed by atoms with E-state index in [4.69, 9.17) is 5.73 Å². The minimum Gasteiger partial charge on any atom is -0.398 e. The number of aryl methyl sites for hydroxylation is 1. The average Bonchev–Trinajstić information content (AvgIpc) is 2.52. The van der Waals surface area contributed by atoms with Gasteiger partial charge in [-0.1, -0.05) is 13.0 Å². The number of hydrogen-bond donors (Lipinski definition) is 1. The summed E-state index contributed by atoms with van der Waals surface area (Å²) in [6.07, 6.45) is 4.88.